The second-order valence-corrected chi connectivity index (χ2v) is 6.93. The first-order chi connectivity index (χ1) is 13.0. The molecule has 142 valence electrons. The largest absolute Gasteiger partial charge is 0.391 e. The Bertz CT molecular complexity index is 877. The van der Waals surface area contributed by atoms with Crippen molar-refractivity contribution in [2.75, 3.05) is 18.1 Å². The Balaban J connectivity index is 1.47. The van der Waals surface area contributed by atoms with E-state index in [1.165, 1.54) is 12.1 Å². The Morgan fingerprint density at radius 3 is 2.81 bits per heavy atom. The molecule has 0 unspecified atom stereocenters. The van der Waals surface area contributed by atoms with E-state index in [0.717, 1.165) is 36.5 Å². The highest BCUT2D eigenvalue weighted by Crippen LogP contribution is 2.29. The molecule has 1 amide bonds. The predicted octanol–water partition coefficient (Wildman–Crippen LogP) is 2.52. The smallest absolute Gasteiger partial charge is 0.257 e. The molecule has 4 rings (SSSR count). The maximum Gasteiger partial charge on any atom is 0.257 e. The van der Waals surface area contributed by atoms with Gasteiger partial charge in [-0.3, -0.25) is 9.48 Å². The molecule has 0 radical (unpaired) electrons. The maximum atomic E-state index is 13.1. The van der Waals surface area contributed by atoms with Crippen molar-refractivity contribution in [3.05, 3.63) is 59.5 Å². The van der Waals surface area contributed by atoms with E-state index in [2.05, 4.69) is 10.7 Å². The summed E-state index contributed by atoms with van der Waals surface area (Å²) in [5.41, 5.74) is 5.12. The zero-order valence-electron chi connectivity index (χ0n) is 15.4. The van der Waals surface area contributed by atoms with Gasteiger partial charge in [0.2, 0.25) is 0 Å². The minimum atomic E-state index is -0.282. The molecule has 2 aromatic rings. The number of anilines is 1. The van der Waals surface area contributed by atoms with E-state index in [0.29, 0.717) is 12.1 Å². The van der Waals surface area contributed by atoms with Crippen LogP contribution in [0.25, 0.3) is 0 Å². The molecule has 0 bridgehead atoms. The second-order valence-electron chi connectivity index (χ2n) is 6.93. The first-order valence-electron chi connectivity index (χ1n) is 9.00. The normalized spacial score (nSPS) is 19.8. The van der Waals surface area contributed by atoms with E-state index in [9.17, 15) is 9.18 Å². The van der Waals surface area contributed by atoms with Gasteiger partial charge in [-0.2, -0.15) is 5.10 Å². The molecule has 3 heterocycles. The lowest BCUT2D eigenvalue weighted by Gasteiger charge is -2.32. The SMILES string of the molecule is Cc1c(C(=O)N2CCC[C@H](C3=CN(c4ccc(F)cc4)NO3)C2)cnn1C. The summed E-state index contributed by atoms with van der Waals surface area (Å²) in [5.74, 6) is 0.611. The first kappa shape index (κ1) is 17.5. The van der Waals surface area contributed by atoms with Gasteiger partial charge in [0.15, 0.2) is 0 Å². The third kappa shape index (κ3) is 3.40. The van der Waals surface area contributed by atoms with Crippen molar-refractivity contribution in [1.82, 2.24) is 20.3 Å². The molecule has 7 nitrogen and oxygen atoms in total. The van der Waals surface area contributed by atoms with Crippen LogP contribution < -0.4 is 10.6 Å². The number of hydrazine groups is 1. The molecule has 1 atom stereocenters. The maximum absolute atomic E-state index is 13.1. The van der Waals surface area contributed by atoms with Gasteiger partial charge in [0.05, 0.1) is 23.6 Å². The van der Waals surface area contributed by atoms with Crippen LogP contribution in [0.4, 0.5) is 10.1 Å². The molecule has 0 aliphatic carbocycles. The highest BCUT2D eigenvalue weighted by atomic mass is 19.1. The first-order valence-corrected chi connectivity index (χ1v) is 9.00. The van der Waals surface area contributed by atoms with Crippen molar-refractivity contribution < 1.29 is 14.0 Å². The molecule has 1 aromatic carbocycles. The molecule has 27 heavy (non-hydrogen) atoms. The fraction of sp³-hybridized carbons (Fsp3) is 0.368. The molecule has 0 saturated carbocycles. The number of aromatic nitrogens is 2. The van der Waals surface area contributed by atoms with Crippen LogP contribution in [0.1, 0.15) is 28.9 Å². The number of carbonyl (C=O) groups is 1. The summed E-state index contributed by atoms with van der Waals surface area (Å²) >= 11 is 0. The van der Waals surface area contributed by atoms with Crippen LogP contribution in [0.15, 0.2) is 42.4 Å². The summed E-state index contributed by atoms with van der Waals surface area (Å²) in [4.78, 5) is 20.4. The molecule has 1 fully saturated rings. The number of aryl methyl sites for hydroxylation is 1. The minimum absolute atomic E-state index is 0.00671. The lowest BCUT2D eigenvalue weighted by atomic mass is 9.95. The van der Waals surface area contributed by atoms with Gasteiger partial charge in [-0.15, -0.1) is 0 Å². The van der Waals surface area contributed by atoms with Gasteiger partial charge < -0.3 is 9.74 Å². The van der Waals surface area contributed by atoms with E-state index < -0.39 is 0 Å². The van der Waals surface area contributed by atoms with E-state index in [1.54, 1.807) is 28.0 Å². The number of rotatable bonds is 3. The van der Waals surface area contributed by atoms with Crippen LogP contribution in [-0.4, -0.2) is 33.7 Å². The Kier molecular flexibility index (Phi) is 4.57. The fourth-order valence-electron chi connectivity index (χ4n) is 3.47. The van der Waals surface area contributed by atoms with E-state index in [-0.39, 0.29) is 17.6 Å². The van der Waals surface area contributed by atoms with E-state index in [1.807, 2.05) is 25.1 Å². The quantitative estimate of drug-likeness (QED) is 0.898. The van der Waals surface area contributed by atoms with Gasteiger partial charge in [-0.25, -0.2) is 9.40 Å². The summed E-state index contributed by atoms with van der Waals surface area (Å²) in [7, 11) is 1.83. The molecular formula is C19H22FN5O2. The zero-order valence-corrected chi connectivity index (χ0v) is 15.4. The van der Waals surface area contributed by atoms with Crippen molar-refractivity contribution in [2.45, 2.75) is 19.8 Å². The van der Waals surface area contributed by atoms with Crippen LogP contribution in [0.5, 0.6) is 0 Å². The monoisotopic (exact) mass is 371 g/mol. The Labute approximate surface area is 156 Å². The standard InChI is InChI=1S/C19H22FN5O2/c1-13-17(10-21-23(13)2)19(26)24-9-3-4-14(11-24)18-12-25(22-27-18)16-7-5-15(20)6-8-16/h5-8,10,12,14,22H,3-4,9,11H2,1-2H3/t14-/m0/s1. The molecule has 1 N–H and O–H groups in total. The van der Waals surface area contributed by atoms with Crippen LogP contribution in [0.2, 0.25) is 0 Å². The van der Waals surface area contributed by atoms with Crippen molar-refractivity contribution in [3.63, 3.8) is 0 Å². The van der Waals surface area contributed by atoms with Gasteiger partial charge in [-0.05, 0) is 44.0 Å². The van der Waals surface area contributed by atoms with Gasteiger partial charge in [0.1, 0.15) is 11.6 Å². The Morgan fingerprint density at radius 1 is 1.33 bits per heavy atom. The Hall–Kier alpha value is -2.87. The average molecular weight is 371 g/mol. The number of halogens is 1. The predicted molar refractivity (Wildman–Crippen MR) is 97.8 cm³/mol. The van der Waals surface area contributed by atoms with Crippen LogP contribution in [0, 0.1) is 18.7 Å². The van der Waals surface area contributed by atoms with E-state index in [4.69, 9.17) is 4.84 Å². The third-order valence-corrected chi connectivity index (χ3v) is 5.20. The number of hydrogen-bond donors (Lipinski definition) is 1. The minimum Gasteiger partial charge on any atom is -0.391 e. The van der Waals surface area contributed by atoms with Gasteiger partial charge in [0.25, 0.3) is 5.91 Å². The number of nitrogens with zero attached hydrogens (tertiary/aromatic N) is 4. The van der Waals surface area contributed by atoms with Crippen molar-refractivity contribution in [3.8, 4) is 0 Å². The summed E-state index contributed by atoms with van der Waals surface area (Å²) in [5, 5.41) is 5.88. The van der Waals surface area contributed by atoms with Crippen LogP contribution in [-0.2, 0) is 11.9 Å². The van der Waals surface area contributed by atoms with Crippen molar-refractivity contribution in [1.29, 1.82) is 0 Å². The number of benzene rings is 1. The highest BCUT2D eigenvalue weighted by Gasteiger charge is 2.31. The zero-order chi connectivity index (χ0) is 19.0. The average Bonchev–Trinajstić information content (AvgIpc) is 3.30. The molecule has 1 saturated heterocycles. The lowest BCUT2D eigenvalue weighted by molar-refractivity contribution is 0.0577. The molecule has 2 aliphatic rings. The molecular weight excluding hydrogens is 349 g/mol. The molecule has 2 aliphatic heterocycles. The van der Waals surface area contributed by atoms with Crippen LogP contribution >= 0.6 is 0 Å². The number of nitrogens with one attached hydrogen (secondary N) is 1. The summed E-state index contributed by atoms with van der Waals surface area (Å²) in [6.07, 6.45) is 5.35. The lowest BCUT2D eigenvalue weighted by Crippen LogP contribution is -2.40. The van der Waals surface area contributed by atoms with Crippen molar-refractivity contribution >= 4 is 11.6 Å². The van der Waals surface area contributed by atoms with Gasteiger partial charge in [-0.1, -0.05) is 5.59 Å². The number of amides is 1. The number of likely N-dealkylation sites (tertiary alicyclic amines) is 1. The van der Waals surface area contributed by atoms with Gasteiger partial charge >= 0.3 is 0 Å². The Morgan fingerprint density at radius 2 is 2.11 bits per heavy atom. The number of hydrogen-bond acceptors (Lipinski definition) is 5. The summed E-state index contributed by atoms with van der Waals surface area (Å²) in [6, 6.07) is 6.15. The van der Waals surface area contributed by atoms with Gasteiger partial charge in [0, 0.05) is 31.7 Å². The molecule has 1 aromatic heterocycles. The molecule has 8 heteroatoms. The topological polar surface area (TPSA) is 62.6 Å². The second kappa shape index (κ2) is 7.03. The van der Waals surface area contributed by atoms with E-state index >= 15 is 0 Å². The highest BCUT2D eigenvalue weighted by molar-refractivity contribution is 5.95. The van der Waals surface area contributed by atoms with Crippen LogP contribution in [0.3, 0.4) is 0 Å². The fourth-order valence-corrected chi connectivity index (χ4v) is 3.47. The summed E-state index contributed by atoms with van der Waals surface area (Å²) < 4.78 is 14.8. The molecule has 0 spiro atoms. The van der Waals surface area contributed by atoms with Crippen molar-refractivity contribution in [2.24, 2.45) is 13.0 Å². The number of carbonyl (C=O) groups excluding carboxylic acids is 1. The third-order valence-electron chi connectivity index (χ3n) is 5.20. The number of piperidine rings is 1. The summed E-state index contributed by atoms with van der Waals surface area (Å²) in [6.45, 7) is 3.22.